The van der Waals surface area contributed by atoms with Crippen molar-refractivity contribution in [2.75, 3.05) is 31.1 Å². The zero-order valence-electron chi connectivity index (χ0n) is 19.4. The summed E-state index contributed by atoms with van der Waals surface area (Å²) in [6.45, 7) is 4.39. The molecule has 0 radical (unpaired) electrons. The van der Waals surface area contributed by atoms with Crippen LogP contribution in [0, 0.1) is 18.3 Å². The summed E-state index contributed by atoms with van der Waals surface area (Å²) in [5, 5.41) is 14.7. The van der Waals surface area contributed by atoms with Crippen molar-refractivity contribution in [3.63, 3.8) is 0 Å². The zero-order valence-corrected chi connectivity index (χ0v) is 19.4. The monoisotopic (exact) mass is 464 g/mol. The quantitative estimate of drug-likeness (QED) is 0.457. The van der Waals surface area contributed by atoms with Crippen molar-refractivity contribution < 1.29 is 4.79 Å². The summed E-state index contributed by atoms with van der Waals surface area (Å²) in [6, 6.07) is 13.3. The molecule has 4 aromatic heterocycles. The van der Waals surface area contributed by atoms with Crippen LogP contribution in [0.5, 0.6) is 0 Å². The fourth-order valence-electron chi connectivity index (χ4n) is 4.67. The second-order valence-corrected chi connectivity index (χ2v) is 9.05. The number of hydrogen-bond acceptors (Lipinski definition) is 7. The Morgan fingerprint density at radius 1 is 1.03 bits per heavy atom. The van der Waals surface area contributed by atoms with Crippen molar-refractivity contribution in [3.8, 4) is 11.9 Å². The van der Waals surface area contributed by atoms with Gasteiger partial charge in [-0.2, -0.15) is 15.0 Å². The van der Waals surface area contributed by atoms with Gasteiger partial charge in [-0.15, -0.1) is 0 Å². The Balaban J connectivity index is 1.33. The third kappa shape index (κ3) is 3.87. The van der Waals surface area contributed by atoms with E-state index in [0.29, 0.717) is 54.7 Å². The molecule has 0 atom stereocenters. The summed E-state index contributed by atoms with van der Waals surface area (Å²) in [5.41, 5.74) is 3.65. The van der Waals surface area contributed by atoms with Gasteiger partial charge in [0.25, 0.3) is 5.91 Å². The molecule has 0 unspecified atom stereocenters. The summed E-state index contributed by atoms with van der Waals surface area (Å²) in [7, 11) is 0. The molecule has 0 aromatic carbocycles. The maximum Gasteiger partial charge on any atom is 0.254 e. The Bertz CT molecular complexity index is 1460. The highest BCUT2D eigenvalue weighted by atomic mass is 16.2. The number of nitrogens with zero attached hydrogens (tertiary/aromatic N) is 8. The van der Waals surface area contributed by atoms with Gasteiger partial charge in [-0.3, -0.25) is 4.79 Å². The number of aryl methyl sites for hydroxylation is 1. The maximum absolute atomic E-state index is 13.8. The summed E-state index contributed by atoms with van der Waals surface area (Å²) < 4.78 is 1.75. The third-order valence-corrected chi connectivity index (χ3v) is 6.69. The van der Waals surface area contributed by atoms with E-state index < -0.39 is 0 Å². The van der Waals surface area contributed by atoms with Crippen LogP contribution in [-0.4, -0.2) is 61.7 Å². The summed E-state index contributed by atoms with van der Waals surface area (Å²) in [4.78, 5) is 31.6. The van der Waals surface area contributed by atoms with Crippen LogP contribution in [0.3, 0.4) is 0 Å². The molecule has 174 valence electrons. The molecule has 6 rings (SSSR count). The lowest BCUT2D eigenvalue weighted by Gasteiger charge is -2.35. The summed E-state index contributed by atoms with van der Waals surface area (Å²) >= 11 is 0. The number of fused-ring (bicyclic) bond motifs is 1. The Morgan fingerprint density at radius 3 is 2.54 bits per heavy atom. The summed E-state index contributed by atoms with van der Waals surface area (Å²) in [6.07, 6.45) is 5.57. The number of pyridine rings is 3. The third-order valence-electron chi connectivity index (χ3n) is 6.69. The number of aromatic nitrogens is 5. The Morgan fingerprint density at radius 2 is 1.83 bits per heavy atom. The van der Waals surface area contributed by atoms with Gasteiger partial charge in [-0.05, 0) is 50.1 Å². The normalized spacial score (nSPS) is 15.9. The smallest absolute Gasteiger partial charge is 0.254 e. The van der Waals surface area contributed by atoms with Crippen LogP contribution < -0.4 is 4.90 Å². The highest BCUT2D eigenvalue weighted by molar-refractivity contribution is 6.07. The first-order valence-electron chi connectivity index (χ1n) is 11.8. The summed E-state index contributed by atoms with van der Waals surface area (Å²) in [5.74, 6) is 1.85. The van der Waals surface area contributed by atoms with Crippen LogP contribution in [-0.2, 0) is 0 Å². The minimum atomic E-state index is 0.00126. The standard InChI is InChI=1S/C26H24N8O/c1-17-24-20(26(35)33-12-10-32(11-13-33)23-14-18(16-27)7-9-29-23)15-21(19-5-6-19)30-25(24)34(31-17)22-4-2-3-8-28-22/h2-4,7-9,14-15,19H,5-6,10-13H2,1H3. The maximum atomic E-state index is 13.8. The number of carbonyl (C=O) groups is 1. The largest absolute Gasteiger partial charge is 0.353 e. The Hall–Kier alpha value is -4.32. The SMILES string of the molecule is Cc1nn(-c2ccccn2)c2nc(C3CC3)cc(C(=O)N3CCN(c4cc(C#N)ccn4)CC3)c12. The molecule has 1 amide bonds. The lowest BCUT2D eigenvalue weighted by atomic mass is 10.1. The van der Waals surface area contributed by atoms with Gasteiger partial charge >= 0.3 is 0 Å². The van der Waals surface area contributed by atoms with Gasteiger partial charge in [-0.25, -0.2) is 15.0 Å². The van der Waals surface area contributed by atoms with E-state index in [1.165, 1.54) is 0 Å². The van der Waals surface area contributed by atoms with Crippen LogP contribution in [0.15, 0.2) is 48.8 Å². The van der Waals surface area contributed by atoms with Gasteiger partial charge in [0, 0.05) is 50.2 Å². The van der Waals surface area contributed by atoms with Crippen LogP contribution >= 0.6 is 0 Å². The molecule has 0 N–H and O–H groups in total. The van der Waals surface area contributed by atoms with Gasteiger partial charge in [0.2, 0.25) is 0 Å². The van der Waals surface area contributed by atoms with Crippen molar-refractivity contribution in [1.29, 1.82) is 5.26 Å². The second-order valence-electron chi connectivity index (χ2n) is 9.05. The first kappa shape index (κ1) is 21.2. The molecule has 2 fully saturated rings. The Labute approximate surface area is 202 Å². The van der Waals surface area contributed by atoms with E-state index in [0.717, 1.165) is 35.4 Å². The van der Waals surface area contributed by atoms with Gasteiger partial charge in [0.1, 0.15) is 5.82 Å². The average molecular weight is 465 g/mol. The molecule has 9 heteroatoms. The second kappa shape index (κ2) is 8.47. The molecule has 0 spiro atoms. The molecule has 4 aromatic rings. The number of carbonyl (C=O) groups excluding carboxylic acids is 1. The zero-order chi connectivity index (χ0) is 23.9. The van der Waals surface area contributed by atoms with Crippen molar-refractivity contribution in [3.05, 3.63) is 71.3 Å². The van der Waals surface area contributed by atoms with E-state index in [-0.39, 0.29) is 5.91 Å². The number of nitriles is 1. The molecule has 5 heterocycles. The molecular formula is C26H24N8O. The number of amides is 1. The van der Waals surface area contributed by atoms with Gasteiger partial charge < -0.3 is 9.80 Å². The lowest BCUT2D eigenvalue weighted by molar-refractivity contribution is 0.0748. The first-order valence-corrected chi connectivity index (χ1v) is 11.8. The van der Waals surface area contributed by atoms with Gasteiger partial charge in [0.15, 0.2) is 11.5 Å². The van der Waals surface area contributed by atoms with Crippen LogP contribution in [0.4, 0.5) is 5.82 Å². The predicted molar refractivity (Wildman–Crippen MR) is 130 cm³/mol. The molecule has 1 aliphatic carbocycles. The Kier molecular flexibility index (Phi) is 5.14. The van der Waals surface area contributed by atoms with Crippen molar-refractivity contribution >= 4 is 22.8 Å². The van der Waals surface area contributed by atoms with E-state index >= 15 is 0 Å². The number of anilines is 1. The van der Waals surface area contributed by atoms with Crippen LogP contribution in [0.25, 0.3) is 16.9 Å². The molecular weight excluding hydrogens is 440 g/mol. The fraction of sp³-hybridized carbons (Fsp3) is 0.308. The minimum Gasteiger partial charge on any atom is -0.353 e. The van der Waals surface area contributed by atoms with E-state index in [9.17, 15) is 10.1 Å². The number of rotatable bonds is 4. The molecule has 9 nitrogen and oxygen atoms in total. The molecule has 2 aliphatic rings. The van der Waals surface area contributed by atoms with Crippen molar-refractivity contribution in [2.45, 2.75) is 25.7 Å². The number of hydrogen-bond donors (Lipinski definition) is 0. The van der Waals surface area contributed by atoms with E-state index in [1.807, 2.05) is 36.1 Å². The topological polar surface area (TPSA) is 104 Å². The van der Waals surface area contributed by atoms with Gasteiger partial charge in [0.05, 0.1) is 28.3 Å². The average Bonchev–Trinajstić information content (AvgIpc) is 3.72. The number of piperazine rings is 1. The highest BCUT2D eigenvalue weighted by Gasteiger charge is 2.31. The molecule has 1 aliphatic heterocycles. The van der Waals surface area contributed by atoms with Crippen molar-refractivity contribution in [2.24, 2.45) is 0 Å². The molecule has 35 heavy (non-hydrogen) atoms. The van der Waals surface area contributed by atoms with Gasteiger partial charge in [-0.1, -0.05) is 6.07 Å². The lowest BCUT2D eigenvalue weighted by Crippen LogP contribution is -2.49. The van der Waals surface area contributed by atoms with E-state index in [1.54, 1.807) is 29.2 Å². The molecule has 0 bridgehead atoms. The van der Waals surface area contributed by atoms with Crippen molar-refractivity contribution in [1.82, 2.24) is 29.6 Å². The predicted octanol–water partition coefficient (Wildman–Crippen LogP) is 3.23. The highest BCUT2D eigenvalue weighted by Crippen LogP contribution is 2.41. The minimum absolute atomic E-state index is 0.00126. The molecule has 1 saturated carbocycles. The first-order chi connectivity index (χ1) is 17.1. The van der Waals surface area contributed by atoms with E-state index in [2.05, 4.69) is 20.9 Å². The van der Waals surface area contributed by atoms with E-state index in [4.69, 9.17) is 10.1 Å². The van der Waals surface area contributed by atoms with Crippen LogP contribution in [0.2, 0.25) is 0 Å². The molecule has 1 saturated heterocycles. The van der Waals surface area contributed by atoms with Crippen LogP contribution in [0.1, 0.15) is 46.1 Å². The fourth-order valence-corrected chi connectivity index (χ4v) is 4.67.